The van der Waals surface area contributed by atoms with Crippen LogP contribution in [0.25, 0.3) is 0 Å². The third kappa shape index (κ3) is 4.30. The second kappa shape index (κ2) is 8.43. The number of carbonyl (C=O) groups is 1. The molecule has 0 saturated heterocycles. The summed E-state index contributed by atoms with van der Waals surface area (Å²) in [5, 5.41) is 9.12. The van der Waals surface area contributed by atoms with E-state index in [0.717, 1.165) is 18.5 Å². The summed E-state index contributed by atoms with van der Waals surface area (Å²) < 4.78 is 5.20. The van der Waals surface area contributed by atoms with Gasteiger partial charge >= 0.3 is 0 Å². The number of Topliss-reactive ketones (excluding diaryl/α,β-unsaturated/α-hetero) is 1. The van der Waals surface area contributed by atoms with Crippen LogP contribution in [-0.2, 0) is 4.74 Å². The van der Waals surface area contributed by atoms with E-state index in [-0.39, 0.29) is 5.78 Å². The fourth-order valence-corrected chi connectivity index (χ4v) is 2.56. The number of ether oxygens (including phenoxy) is 1. The molecule has 0 atom stereocenters. The summed E-state index contributed by atoms with van der Waals surface area (Å²) in [7, 11) is 1.67. The highest BCUT2D eigenvalue weighted by molar-refractivity contribution is 6.00. The van der Waals surface area contributed by atoms with Gasteiger partial charge < -0.3 is 9.64 Å². The number of nitriles is 1. The zero-order valence-corrected chi connectivity index (χ0v) is 13.3. The van der Waals surface area contributed by atoms with E-state index in [2.05, 4.69) is 24.8 Å². The van der Waals surface area contributed by atoms with Crippen molar-refractivity contribution in [2.45, 2.75) is 39.7 Å². The van der Waals surface area contributed by atoms with Crippen LogP contribution < -0.4 is 4.90 Å². The van der Waals surface area contributed by atoms with E-state index >= 15 is 0 Å². The number of anilines is 1. The van der Waals surface area contributed by atoms with Crippen molar-refractivity contribution >= 4 is 11.5 Å². The van der Waals surface area contributed by atoms with Crippen molar-refractivity contribution in [3.8, 4) is 6.07 Å². The monoisotopic (exact) mass is 288 g/mol. The van der Waals surface area contributed by atoms with Crippen LogP contribution in [-0.4, -0.2) is 32.1 Å². The fourth-order valence-electron chi connectivity index (χ4n) is 2.56. The van der Waals surface area contributed by atoms with Gasteiger partial charge in [0.15, 0.2) is 5.78 Å². The Morgan fingerprint density at radius 1 is 1.38 bits per heavy atom. The van der Waals surface area contributed by atoms with Crippen molar-refractivity contribution in [3.05, 3.63) is 29.3 Å². The average Bonchev–Trinajstić information content (AvgIpc) is 2.50. The molecule has 0 aliphatic heterocycles. The fraction of sp³-hybridized carbons (Fsp3) is 0.529. The largest absolute Gasteiger partial charge is 0.383 e. The second-order valence-electron chi connectivity index (χ2n) is 5.06. The lowest BCUT2D eigenvalue weighted by Crippen LogP contribution is -2.38. The highest BCUT2D eigenvalue weighted by atomic mass is 16.5. The van der Waals surface area contributed by atoms with E-state index in [1.54, 1.807) is 26.2 Å². The van der Waals surface area contributed by atoms with Crippen LogP contribution in [0.15, 0.2) is 18.2 Å². The van der Waals surface area contributed by atoms with Gasteiger partial charge in [-0.25, -0.2) is 0 Å². The minimum absolute atomic E-state index is 0.0165. The summed E-state index contributed by atoms with van der Waals surface area (Å²) in [6.07, 6.45) is 1.96. The topological polar surface area (TPSA) is 53.3 Å². The molecule has 0 bridgehead atoms. The summed E-state index contributed by atoms with van der Waals surface area (Å²) >= 11 is 0. The quantitative estimate of drug-likeness (QED) is 0.688. The maximum Gasteiger partial charge on any atom is 0.161 e. The van der Waals surface area contributed by atoms with Gasteiger partial charge in [-0.15, -0.1) is 0 Å². The SMILES string of the molecule is CCC(CC)N(CCOC)c1cc(C#N)ccc1C(C)=O. The molecule has 0 N–H and O–H groups in total. The number of methoxy groups -OCH3 is 1. The van der Waals surface area contributed by atoms with Gasteiger partial charge in [-0.1, -0.05) is 13.8 Å². The highest BCUT2D eigenvalue weighted by Gasteiger charge is 2.20. The Hall–Kier alpha value is -1.86. The van der Waals surface area contributed by atoms with Gasteiger partial charge in [-0.3, -0.25) is 4.79 Å². The van der Waals surface area contributed by atoms with Crippen molar-refractivity contribution in [1.82, 2.24) is 0 Å². The molecule has 1 aromatic carbocycles. The predicted octanol–water partition coefficient (Wildman–Crippen LogP) is 3.40. The minimum Gasteiger partial charge on any atom is -0.383 e. The van der Waals surface area contributed by atoms with E-state index in [1.807, 2.05) is 6.07 Å². The van der Waals surface area contributed by atoms with E-state index in [0.29, 0.717) is 30.3 Å². The maximum atomic E-state index is 11.9. The van der Waals surface area contributed by atoms with Crippen molar-refractivity contribution in [2.24, 2.45) is 0 Å². The molecule has 1 aromatic rings. The van der Waals surface area contributed by atoms with Gasteiger partial charge in [0.2, 0.25) is 0 Å². The molecule has 0 heterocycles. The molecule has 1 rings (SSSR count). The van der Waals surface area contributed by atoms with Crippen LogP contribution in [0.5, 0.6) is 0 Å². The van der Waals surface area contributed by atoms with Crippen LogP contribution in [0.4, 0.5) is 5.69 Å². The molecule has 0 amide bonds. The normalized spacial score (nSPS) is 10.5. The Labute approximate surface area is 127 Å². The van der Waals surface area contributed by atoms with E-state index in [1.165, 1.54) is 0 Å². The van der Waals surface area contributed by atoms with Crippen LogP contribution >= 0.6 is 0 Å². The zero-order chi connectivity index (χ0) is 15.8. The molecule has 0 unspecified atom stereocenters. The summed E-state index contributed by atoms with van der Waals surface area (Å²) in [6, 6.07) is 7.73. The van der Waals surface area contributed by atoms with Crippen LogP contribution in [0, 0.1) is 11.3 Å². The summed E-state index contributed by atoms with van der Waals surface area (Å²) in [5.41, 5.74) is 2.08. The molecular formula is C17H24N2O2. The first-order chi connectivity index (χ1) is 10.1. The van der Waals surface area contributed by atoms with Gasteiger partial charge in [0.1, 0.15) is 0 Å². The van der Waals surface area contributed by atoms with E-state index < -0.39 is 0 Å². The molecule has 0 aliphatic carbocycles. The van der Waals surface area contributed by atoms with Gasteiger partial charge in [-0.05, 0) is 38.0 Å². The average molecular weight is 288 g/mol. The number of rotatable bonds is 8. The van der Waals surface area contributed by atoms with Gasteiger partial charge in [-0.2, -0.15) is 5.26 Å². The Kier molecular flexibility index (Phi) is 6.90. The molecule has 0 aromatic heterocycles. The number of hydrogen-bond donors (Lipinski definition) is 0. The molecule has 4 nitrogen and oxygen atoms in total. The first kappa shape index (κ1) is 17.2. The highest BCUT2D eigenvalue weighted by Crippen LogP contribution is 2.26. The van der Waals surface area contributed by atoms with Gasteiger partial charge in [0, 0.05) is 30.9 Å². The molecule has 0 fully saturated rings. The molecule has 4 heteroatoms. The summed E-state index contributed by atoms with van der Waals surface area (Å²) in [4.78, 5) is 14.1. The van der Waals surface area contributed by atoms with E-state index in [4.69, 9.17) is 10.00 Å². The third-order valence-corrected chi connectivity index (χ3v) is 3.74. The number of nitrogens with zero attached hydrogens (tertiary/aromatic N) is 2. The van der Waals surface area contributed by atoms with Crippen molar-refractivity contribution in [1.29, 1.82) is 5.26 Å². The van der Waals surface area contributed by atoms with Gasteiger partial charge in [0.25, 0.3) is 0 Å². The molecule has 0 aliphatic rings. The molecule has 21 heavy (non-hydrogen) atoms. The second-order valence-corrected chi connectivity index (χ2v) is 5.06. The first-order valence-corrected chi connectivity index (χ1v) is 7.39. The summed E-state index contributed by atoms with van der Waals surface area (Å²) in [5.74, 6) is 0.0165. The maximum absolute atomic E-state index is 11.9. The molecular weight excluding hydrogens is 264 g/mol. The predicted molar refractivity (Wildman–Crippen MR) is 84.8 cm³/mol. The summed E-state index contributed by atoms with van der Waals surface area (Å²) in [6.45, 7) is 7.13. The zero-order valence-electron chi connectivity index (χ0n) is 13.3. The number of carbonyl (C=O) groups excluding carboxylic acids is 1. The number of benzene rings is 1. The third-order valence-electron chi connectivity index (χ3n) is 3.74. The van der Waals surface area contributed by atoms with Crippen LogP contribution in [0.2, 0.25) is 0 Å². The molecule has 114 valence electrons. The van der Waals surface area contributed by atoms with Crippen molar-refractivity contribution in [3.63, 3.8) is 0 Å². The Morgan fingerprint density at radius 2 is 2.05 bits per heavy atom. The smallest absolute Gasteiger partial charge is 0.161 e. The Morgan fingerprint density at radius 3 is 2.52 bits per heavy atom. The van der Waals surface area contributed by atoms with Crippen molar-refractivity contribution < 1.29 is 9.53 Å². The Bertz CT molecular complexity index is 516. The number of ketones is 1. The van der Waals surface area contributed by atoms with Crippen molar-refractivity contribution in [2.75, 3.05) is 25.2 Å². The molecule has 0 spiro atoms. The number of hydrogen-bond acceptors (Lipinski definition) is 4. The molecule has 0 saturated carbocycles. The van der Waals surface area contributed by atoms with E-state index in [9.17, 15) is 4.79 Å². The standard InChI is InChI=1S/C17H24N2O2/c1-5-15(6-2)19(9-10-21-4)17-11-14(12-18)7-8-16(17)13(3)20/h7-8,11,15H,5-6,9-10H2,1-4H3. The van der Waals surface area contributed by atoms with Crippen LogP contribution in [0.1, 0.15) is 49.5 Å². The lowest BCUT2D eigenvalue weighted by molar-refractivity contribution is 0.101. The first-order valence-electron chi connectivity index (χ1n) is 7.39. The van der Waals surface area contributed by atoms with Gasteiger partial charge in [0.05, 0.1) is 18.2 Å². The minimum atomic E-state index is 0.0165. The molecule has 0 radical (unpaired) electrons. The van der Waals surface area contributed by atoms with Crippen LogP contribution in [0.3, 0.4) is 0 Å². The Balaban J connectivity index is 3.32. The lowest BCUT2D eigenvalue weighted by Gasteiger charge is -2.34. The lowest BCUT2D eigenvalue weighted by atomic mass is 10.0.